The number of alkyl halides is 3. The number of hydrogen-bond acceptors (Lipinski definition) is 2. The molecule has 2 unspecified atom stereocenters. The average molecular weight is 254 g/mol. The molecule has 1 aromatic rings. The van der Waals surface area contributed by atoms with E-state index in [2.05, 4.69) is 0 Å². The van der Waals surface area contributed by atoms with Crippen molar-refractivity contribution in [2.24, 2.45) is 5.73 Å². The van der Waals surface area contributed by atoms with E-state index in [1.165, 1.54) is 19.1 Å². The maximum atomic E-state index is 12.7. The third kappa shape index (κ3) is 2.66. The van der Waals surface area contributed by atoms with E-state index in [1.807, 2.05) is 0 Å². The summed E-state index contributed by atoms with van der Waals surface area (Å²) >= 11 is 5.68. The Morgan fingerprint density at radius 1 is 1.38 bits per heavy atom. The van der Waals surface area contributed by atoms with Gasteiger partial charge in [-0.25, -0.2) is 0 Å². The topological polar surface area (TPSA) is 46.2 Å². The van der Waals surface area contributed by atoms with E-state index >= 15 is 0 Å². The second-order valence-corrected chi connectivity index (χ2v) is 3.87. The summed E-state index contributed by atoms with van der Waals surface area (Å²) in [6, 6.07) is 2.24. The molecule has 2 atom stereocenters. The minimum absolute atomic E-state index is 0.0942. The molecule has 0 aliphatic rings. The molecule has 3 N–H and O–H groups in total. The van der Waals surface area contributed by atoms with Crippen molar-refractivity contribution < 1.29 is 18.3 Å². The molecule has 1 rings (SSSR count). The lowest BCUT2D eigenvalue weighted by Crippen LogP contribution is -2.26. The number of benzene rings is 1. The van der Waals surface area contributed by atoms with E-state index in [0.717, 1.165) is 6.07 Å². The quantitative estimate of drug-likeness (QED) is 0.851. The molecular weight excluding hydrogens is 243 g/mol. The van der Waals surface area contributed by atoms with Gasteiger partial charge in [0.15, 0.2) is 0 Å². The summed E-state index contributed by atoms with van der Waals surface area (Å²) in [6.07, 6.45) is -5.65. The van der Waals surface area contributed by atoms with Crippen molar-refractivity contribution in [1.29, 1.82) is 0 Å². The van der Waals surface area contributed by atoms with Crippen molar-refractivity contribution in [3.05, 3.63) is 34.3 Å². The first kappa shape index (κ1) is 13.3. The van der Waals surface area contributed by atoms with Crippen LogP contribution in [0.4, 0.5) is 13.2 Å². The zero-order valence-corrected chi connectivity index (χ0v) is 9.18. The SMILES string of the molecule is CC(O)C(N)c1c(Cl)cccc1C(F)(F)F. The van der Waals surface area contributed by atoms with E-state index in [1.54, 1.807) is 0 Å². The van der Waals surface area contributed by atoms with Crippen LogP contribution < -0.4 is 5.73 Å². The third-order valence-electron chi connectivity index (χ3n) is 2.21. The Morgan fingerprint density at radius 3 is 2.38 bits per heavy atom. The Balaban J connectivity index is 3.35. The molecule has 6 heteroatoms. The highest BCUT2D eigenvalue weighted by molar-refractivity contribution is 6.31. The highest BCUT2D eigenvalue weighted by Gasteiger charge is 2.36. The Morgan fingerprint density at radius 2 is 1.94 bits per heavy atom. The molecule has 0 saturated heterocycles. The zero-order chi connectivity index (χ0) is 12.5. The van der Waals surface area contributed by atoms with Gasteiger partial charge >= 0.3 is 6.18 Å². The first-order valence-corrected chi connectivity index (χ1v) is 4.92. The van der Waals surface area contributed by atoms with Crippen molar-refractivity contribution in [2.45, 2.75) is 25.2 Å². The van der Waals surface area contributed by atoms with Crippen molar-refractivity contribution >= 4 is 11.6 Å². The second-order valence-electron chi connectivity index (χ2n) is 3.47. The second kappa shape index (κ2) is 4.61. The number of aliphatic hydroxyl groups excluding tert-OH is 1. The Bertz CT molecular complexity index is 379. The number of nitrogens with two attached hydrogens (primary N) is 1. The highest BCUT2D eigenvalue weighted by Crippen LogP contribution is 2.38. The van der Waals surface area contributed by atoms with Crippen molar-refractivity contribution in [2.75, 3.05) is 0 Å². The lowest BCUT2D eigenvalue weighted by Gasteiger charge is -2.21. The van der Waals surface area contributed by atoms with Crippen LogP contribution in [-0.4, -0.2) is 11.2 Å². The van der Waals surface area contributed by atoms with Gasteiger partial charge < -0.3 is 10.8 Å². The fraction of sp³-hybridized carbons (Fsp3) is 0.400. The van der Waals surface area contributed by atoms with E-state index in [0.29, 0.717) is 0 Å². The summed E-state index contributed by atoms with van der Waals surface area (Å²) in [7, 11) is 0. The molecule has 0 aromatic heterocycles. The third-order valence-corrected chi connectivity index (χ3v) is 2.54. The predicted octanol–water partition coefficient (Wildman–Crippen LogP) is 2.74. The van der Waals surface area contributed by atoms with E-state index in [-0.39, 0.29) is 10.6 Å². The van der Waals surface area contributed by atoms with Gasteiger partial charge in [0, 0.05) is 10.6 Å². The van der Waals surface area contributed by atoms with Crippen LogP contribution in [-0.2, 0) is 6.18 Å². The smallest absolute Gasteiger partial charge is 0.391 e. The molecule has 0 radical (unpaired) electrons. The predicted molar refractivity (Wildman–Crippen MR) is 55.1 cm³/mol. The van der Waals surface area contributed by atoms with Gasteiger partial charge in [0.25, 0.3) is 0 Å². The lowest BCUT2D eigenvalue weighted by atomic mass is 9.97. The van der Waals surface area contributed by atoms with Crippen LogP contribution in [0.1, 0.15) is 24.1 Å². The largest absolute Gasteiger partial charge is 0.416 e. The monoisotopic (exact) mass is 253 g/mol. The molecular formula is C10H11ClF3NO. The Labute approximate surface area is 95.8 Å². The van der Waals surface area contributed by atoms with E-state index in [9.17, 15) is 18.3 Å². The minimum Gasteiger partial charge on any atom is -0.391 e. The Hall–Kier alpha value is -0.780. The molecule has 0 heterocycles. The first-order chi connectivity index (χ1) is 7.25. The van der Waals surface area contributed by atoms with Crippen LogP contribution in [0.3, 0.4) is 0 Å². The van der Waals surface area contributed by atoms with E-state index in [4.69, 9.17) is 17.3 Å². The molecule has 0 bridgehead atoms. The van der Waals surface area contributed by atoms with Crippen molar-refractivity contribution in [3.8, 4) is 0 Å². The maximum absolute atomic E-state index is 12.7. The molecule has 0 aliphatic carbocycles. The molecule has 90 valence electrons. The summed E-state index contributed by atoms with van der Waals surface area (Å²) in [4.78, 5) is 0. The van der Waals surface area contributed by atoms with Crippen molar-refractivity contribution in [3.63, 3.8) is 0 Å². The normalized spacial score (nSPS) is 15.9. The van der Waals surface area contributed by atoms with Crippen molar-refractivity contribution in [1.82, 2.24) is 0 Å². The van der Waals surface area contributed by atoms with Crippen LogP contribution in [0.15, 0.2) is 18.2 Å². The summed E-state index contributed by atoms with van der Waals surface area (Å²) in [6.45, 7) is 1.31. The van der Waals surface area contributed by atoms with Gasteiger partial charge in [0.2, 0.25) is 0 Å². The van der Waals surface area contributed by atoms with Gasteiger partial charge in [-0.2, -0.15) is 13.2 Å². The summed E-state index contributed by atoms with van der Waals surface area (Å²) in [5, 5.41) is 9.14. The molecule has 1 aromatic carbocycles. The van der Waals surface area contributed by atoms with Crippen LogP contribution in [0.5, 0.6) is 0 Å². The Kier molecular flexibility index (Phi) is 3.83. The van der Waals surface area contributed by atoms with Crippen LogP contribution >= 0.6 is 11.6 Å². The number of aliphatic hydroxyl groups is 1. The van der Waals surface area contributed by atoms with Crippen LogP contribution in [0, 0.1) is 0 Å². The van der Waals surface area contributed by atoms with Gasteiger partial charge in [0.1, 0.15) is 0 Å². The lowest BCUT2D eigenvalue weighted by molar-refractivity contribution is -0.138. The fourth-order valence-corrected chi connectivity index (χ4v) is 1.66. The molecule has 0 fully saturated rings. The summed E-state index contributed by atoms with van der Waals surface area (Å²) in [5.74, 6) is 0. The summed E-state index contributed by atoms with van der Waals surface area (Å²) in [5.41, 5.74) is 4.32. The average Bonchev–Trinajstić information content (AvgIpc) is 2.14. The van der Waals surface area contributed by atoms with Gasteiger partial charge in [-0.1, -0.05) is 17.7 Å². The van der Waals surface area contributed by atoms with Gasteiger partial charge in [-0.15, -0.1) is 0 Å². The number of halogens is 4. The highest BCUT2D eigenvalue weighted by atomic mass is 35.5. The fourth-order valence-electron chi connectivity index (χ4n) is 1.36. The molecule has 0 amide bonds. The van der Waals surface area contributed by atoms with Gasteiger partial charge in [-0.05, 0) is 19.1 Å². The standard InChI is InChI=1S/C10H11ClF3NO/c1-5(16)9(15)8-6(10(12,13)14)3-2-4-7(8)11/h2-5,9,16H,15H2,1H3. The summed E-state index contributed by atoms with van der Waals surface area (Å²) < 4.78 is 38.0. The molecule has 0 saturated carbocycles. The minimum atomic E-state index is -4.53. The zero-order valence-electron chi connectivity index (χ0n) is 8.42. The number of hydrogen-bond donors (Lipinski definition) is 2. The van der Waals surface area contributed by atoms with Gasteiger partial charge in [0.05, 0.1) is 17.7 Å². The molecule has 2 nitrogen and oxygen atoms in total. The molecule has 0 aliphatic heterocycles. The maximum Gasteiger partial charge on any atom is 0.416 e. The molecule has 16 heavy (non-hydrogen) atoms. The first-order valence-electron chi connectivity index (χ1n) is 4.54. The number of rotatable bonds is 2. The van der Waals surface area contributed by atoms with Crippen LogP contribution in [0.2, 0.25) is 5.02 Å². The van der Waals surface area contributed by atoms with Crippen LogP contribution in [0.25, 0.3) is 0 Å². The molecule has 0 spiro atoms. The van der Waals surface area contributed by atoms with Gasteiger partial charge in [-0.3, -0.25) is 0 Å². The van der Waals surface area contributed by atoms with E-state index < -0.39 is 23.9 Å².